The van der Waals surface area contributed by atoms with Crippen molar-refractivity contribution < 1.29 is 5.11 Å². The van der Waals surface area contributed by atoms with Gasteiger partial charge in [-0.25, -0.2) is 0 Å². The van der Waals surface area contributed by atoms with Crippen molar-refractivity contribution in [2.24, 2.45) is 0 Å². The van der Waals surface area contributed by atoms with Gasteiger partial charge in [-0.2, -0.15) is 0 Å². The van der Waals surface area contributed by atoms with E-state index in [0.717, 1.165) is 19.4 Å². The molecule has 0 bridgehead atoms. The lowest BCUT2D eigenvalue weighted by atomic mass is 10.0. The van der Waals surface area contributed by atoms with Crippen LogP contribution < -0.4 is 5.32 Å². The molecular weight excluding hydrogens is 188 g/mol. The molecule has 84 valence electrons. The van der Waals surface area contributed by atoms with Crippen molar-refractivity contribution in [3.63, 3.8) is 0 Å². The van der Waals surface area contributed by atoms with E-state index >= 15 is 0 Å². The van der Waals surface area contributed by atoms with Gasteiger partial charge in [-0.15, -0.1) is 0 Å². The highest BCUT2D eigenvalue weighted by atomic mass is 16.3. The van der Waals surface area contributed by atoms with E-state index in [0.29, 0.717) is 0 Å². The van der Waals surface area contributed by atoms with Crippen LogP contribution in [-0.2, 0) is 0 Å². The Kier molecular flexibility index (Phi) is 5.29. The smallest absolute Gasteiger partial charge is 0.0449 e. The molecule has 1 atom stereocenters. The molecule has 0 saturated carbocycles. The molecule has 0 aliphatic rings. The largest absolute Gasteiger partial charge is 0.396 e. The Balaban J connectivity index is 2.74. The molecule has 15 heavy (non-hydrogen) atoms. The maximum absolute atomic E-state index is 9.03. The molecule has 1 unspecified atom stereocenters. The first-order valence-electron chi connectivity index (χ1n) is 5.54. The normalized spacial score (nSPS) is 12.7. The molecule has 0 radical (unpaired) electrons. The lowest BCUT2D eigenvalue weighted by Crippen LogP contribution is -2.24. The summed E-state index contributed by atoms with van der Waals surface area (Å²) < 4.78 is 0. The Morgan fingerprint density at radius 3 is 2.93 bits per heavy atom. The SMILES string of the molecule is CCCNC(CCO)c1cnccc1C. The summed E-state index contributed by atoms with van der Waals surface area (Å²) in [5.74, 6) is 0. The topological polar surface area (TPSA) is 45.1 Å². The highest BCUT2D eigenvalue weighted by Gasteiger charge is 2.11. The molecule has 0 fully saturated rings. The summed E-state index contributed by atoms with van der Waals surface area (Å²) in [6, 6.07) is 2.23. The molecular formula is C12H20N2O. The number of aromatic nitrogens is 1. The summed E-state index contributed by atoms with van der Waals surface area (Å²) in [5, 5.41) is 12.5. The summed E-state index contributed by atoms with van der Waals surface area (Å²) in [4.78, 5) is 4.14. The van der Waals surface area contributed by atoms with Crippen molar-refractivity contribution in [1.29, 1.82) is 0 Å². The highest BCUT2D eigenvalue weighted by Crippen LogP contribution is 2.18. The second kappa shape index (κ2) is 6.53. The molecule has 0 aliphatic carbocycles. The average Bonchev–Trinajstić information content (AvgIpc) is 2.25. The number of pyridine rings is 1. The second-order valence-electron chi connectivity index (χ2n) is 3.75. The fraction of sp³-hybridized carbons (Fsp3) is 0.583. The molecule has 0 saturated heterocycles. The summed E-state index contributed by atoms with van der Waals surface area (Å²) >= 11 is 0. The molecule has 1 aromatic rings. The zero-order valence-corrected chi connectivity index (χ0v) is 9.53. The van der Waals surface area contributed by atoms with Gasteiger partial charge in [0, 0.05) is 25.0 Å². The summed E-state index contributed by atoms with van der Waals surface area (Å²) in [6.45, 7) is 5.39. The number of rotatable bonds is 6. The van der Waals surface area contributed by atoms with Crippen LogP contribution in [0.5, 0.6) is 0 Å². The minimum absolute atomic E-state index is 0.204. The van der Waals surface area contributed by atoms with Gasteiger partial charge >= 0.3 is 0 Å². The van der Waals surface area contributed by atoms with Crippen LogP contribution in [0.4, 0.5) is 0 Å². The lowest BCUT2D eigenvalue weighted by Gasteiger charge is -2.19. The van der Waals surface area contributed by atoms with Gasteiger partial charge in [0.15, 0.2) is 0 Å². The first-order valence-corrected chi connectivity index (χ1v) is 5.54. The van der Waals surface area contributed by atoms with Gasteiger partial charge in [-0.1, -0.05) is 6.92 Å². The average molecular weight is 208 g/mol. The Bertz CT molecular complexity index is 289. The predicted molar refractivity (Wildman–Crippen MR) is 61.7 cm³/mol. The molecule has 0 aliphatic heterocycles. The van der Waals surface area contributed by atoms with Gasteiger partial charge in [-0.05, 0) is 43.5 Å². The zero-order chi connectivity index (χ0) is 11.1. The van der Waals surface area contributed by atoms with Gasteiger partial charge in [-0.3, -0.25) is 4.98 Å². The van der Waals surface area contributed by atoms with Gasteiger partial charge in [0.05, 0.1) is 0 Å². The standard InChI is InChI=1S/C12H20N2O/c1-3-6-14-12(5-8-15)11-9-13-7-4-10(11)2/h4,7,9,12,14-15H,3,5-6,8H2,1-2H3. The molecule has 3 nitrogen and oxygen atoms in total. The zero-order valence-electron chi connectivity index (χ0n) is 9.53. The van der Waals surface area contributed by atoms with E-state index < -0.39 is 0 Å². The number of aliphatic hydroxyl groups excluding tert-OH is 1. The number of nitrogens with one attached hydrogen (secondary N) is 1. The number of nitrogens with zero attached hydrogens (tertiary/aromatic N) is 1. The Morgan fingerprint density at radius 2 is 2.33 bits per heavy atom. The monoisotopic (exact) mass is 208 g/mol. The van der Waals surface area contributed by atoms with Crippen LogP contribution in [0.25, 0.3) is 0 Å². The first-order chi connectivity index (χ1) is 7.29. The molecule has 1 heterocycles. The molecule has 1 aromatic heterocycles. The van der Waals surface area contributed by atoms with Crippen LogP contribution in [0, 0.1) is 6.92 Å². The number of hydrogen-bond acceptors (Lipinski definition) is 3. The number of hydrogen-bond donors (Lipinski definition) is 2. The molecule has 3 heteroatoms. The van der Waals surface area contributed by atoms with E-state index in [4.69, 9.17) is 5.11 Å². The third kappa shape index (κ3) is 3.61. The third-order valence-corrected chi connectivity index (χ3v) is 2.51. The van der Waals surface area contributed by atoms with E-state index in [9.17, 15) is 0 Å². The van der Waals surface area contributed by atoms with Gasteiger partial charge in [0.1, 0.15) is 0 Å². The van der Waals surface area contributed by atoms with Crippen molar-refractivity contribution >= 4 is 0 Å². The van der Waals surface area contributed by atoms with E-state index in [-0.39, 0.29) is 12.6 Å². The Hall–Kier alpha value is -0.930. The van der Waals surface area contributed by atoms with Gasteiger partial charge in [0.2, 0.25) is 0 Å². The van der Waals surface area contributed by atoms with Crippen LogP contribution in [0.1, 0.15) is 36.9 Å². The summed E-state index contributed by atoms with van der Waals surface area (Å²) in [7, 11) is 0. The van der Waals surface area contributed by atoms with Crippen molar-refractivity contribution in [3.8, 4) is 0 Å². The van der Waals surface area contributed by atoms with Crippen molar-refractivity contribution in [2.45, 2.75) is 32.7 Å². The summed E-state index contributed by atoms with van der Waals surface area (Å²) in [5.41, 5.74) is 2.42. The van der Waals surface area contributed by atoms with Crippen molar-refractivity contribution in [3.05, 3.63) is 29.6 Å². The van der Waals surface area contributed by atoms with Crippen LogP contribution in [0.3, 0.4) is 0 Å². The van der Waals surface area contributed by atoms with Gasteiger partial charge < -0.3 is 10.4 Å². The van der Waals surface area contributed by atoms with Crippen LogP contribution in [0.2, 0.25) is 0 Å². The Labute approximate surface area is 91.5 Å². The number of aliphatic hydroxyl groups is 1. The molecule has 1 rings (SSSR count). The molecule has 2 N–H and O–H groups in total. The highest BCUT2D eigenvalue weighted by molar-refractivity contribution is 5.24. The molecule has 0 aromatic carbocycles. The lowest BCUT2D eigenvalue weighted by molar-refractivity contribution is 0.265. The second-order valence-corrected chi connectivity index (χ2v) is 3.75. The maximum atomic E-state index is 9.03. The minimum atomic E-state index is 0.204. The predicted octanol–water partition coefficient (Wildman–Crippen LogP) is 1.81. The fourth-order valence-corrected chi connectivity index (χ4v) is 1.66. The van der Waals surface area contributed by atoms with E-state index in [2.05, 4.69) is 24.1 Å². The molecule has 0 spiro atoms. The summed E-state index contributed by atoms with van der Waals surface area (Å²) in [6.07, 6.45) is 5.53. The van der Waals surface area contributed by atoms with Crippen LogP contribution >= 0.6 is 0 Å². The first kappa shape index (κ1) is 12.1. The number of aryl methyl sites for hydroxylation is 1. The molecule has 0 amide bonds. The van der Waals surface area contributed by atoms with E-state index in [1.54, 1.807) is 6.20 Å². The van der Waals surface area contributed by atoms with Crippen LogP contribution in [0.15, 0.2) is 18.5 Å². The van der Waals surface area contributed by atoms with E-state index in [1.807, 2.05) is 12.3 Å². The van der Waals surface area contributed by atoms with Crippen molar-refractivity contribution in [2.75, 3.05) is 13.2 Å². The Morgan fingerprint density at radius 1 is 1.53 bits per heavy atom. The quantitative estimate of drug-likeness (QED) is 0.749. The fourth-order valence-electron chi connectivity index (χ4n) is 1.66. The third-order valence-electron chi connectivity index (χ3n) is 2.51. The minimum Gasteiger partial charge on any atom is -0.396 e. The van der Waals surface area contributed by atoms with Crippen LogP contribution in [-0.4, -0.2) is 23.2 Å². The maximum Gasteiger partial charge on any atom is 0.0449 e. The van der Waals surface area contributed by atoms with Gasteiger partial charge in [0.25, 0.3) is 0 Å². The van der Waals surface area contributed by atoms with Crippen molar-refractivity contribution in [1.82, 2.24) is 10.3 Å². The van der Waals surface area contributed by atoms with E-state index in [1.165, 1.54) is 11.1 Å².